The monoisotopic (exact) mass is 273 g/mol. The van der Waals surface area contributed by atoms with Gasteiger partial charge in [0.05, 0.1) is 19.3 Å². The average Bonchev–Trinajstić information content (AvgIpc) is 2.36. The summed E-state index contributed by atoms with van der Waals surface area (Å²) in [5, 5.41) is 8.80. The summed E-state index contributed by atoms with van der Waals surface area (Å²) in [4.78, 5) is 13.8. The Hall–Kier alpha value is -1.18. The maximum atomic E-state index is 8.70. The lowest BCUT2D eigenvalue weighted by molar-refractivity contribution is 0.0157. The second-order valence-electron chi connectivity index (χ2n) is 4.04. The highest BCUT2D eigenvalue weighted by atomic mass is 35.5. The lowest BCUT2D eigenvalue weighted by Gasteiger charge is -2.31. The smallest absolute Gasteiger partial charge is 0.231 e. The van der Waals surface area contributed by atoms with Crippen molar-refractivity contribution in [3.8, 4) is 0 Å². The van der Waals surface area contributed by atoms with Crippen LogP contribution in [0.3, 0.4) is 0 Å². The molecule has 0 aromatic carbocycles. The van der Waals surface area contributed by atoms with Crippen LogP contribution in [0, 0.1) is 0 Å². The number of anilines is 2. The van der Waals surface area contributed by atoms with Crippen LogP contribution in [0.5, 0.6) is 0 Å². The van der Waals surface area contributed by atoms with Gasteiger partial charge in [-0.15, -0.1) is 0 Å². The minimum absolute atomic E-state index is 0.0554. The number of aromatic nitrogens is 3. The number of hydrogen-bond acceptors (Lipinski definition) is 7. The van der Waals surface area contributed by atoms with Crippen LogP contribution in [-0.4, -0.2) is 52.5 Å². The maximum absolute atomic E-state index is 8.70. The van der Waals surface area contributed by atoms with Crippen LogP contribution in [0.4, 0.5) is 11.9 Å². The number of halogens is 1. The molecule has 7 nitrogen and oxygen atoms in total. The zero-order valence-corrected chi connectivity index (χ0v) is 10.7. The summed E-state index contributed by atoms with van der Waals surface area (Å²) in [7, 11) is 0. The molecule has 0 aliphatic carbocycles. The molecule has 8 heteroatoms. The third-order valence-electron chi connectivity index (χ3n) is 2.78. The predicted molar refractivity (Wildman–Crippen MR) is 67.5 cm³/mol. The highest BCUT2D eigenvalue weighted by molar-refractivity contribution is 6.28. The minimum Gasteiger partial charge on any atom is -0.394 e. The van der Waals surface area contributed by atoms with Crippen molar-refractivity contribution in [2.24, 2.45) is 0 Å². The van der Waals surface area contributed by atoms with Gasteiger partial charge in [0.2, 0.25) is 17.2 Å². The van der Waals surface area contributed by atoms with Gasteiger partial charge in [-0.3, -0.25) is 0 Å². The molecule has 0 spiro atoms. The van der Waals surface area contributed by atoms with Crippen LogP contribution < -0.4 is 10.6 Å². The van der Waals surface area contributed by atoms with E-state index in [4.69, 9.17) is 27.2 Å². The summed E-state index contributed by atoms with van der Waals surface area (Å²) in [6.45, 7) is 1.99. The number of hydrogen-bond donors (Lipinski definition) is 2. The summed E-state index contributed by atoms with van der Waals surface area (Å²) >= 11 is 5.75. The summed E-state index contributed by atoms with van der Waals surface area (Å²) in [6, 6.07) is 0. The quantitative estimate of drug-likeness (QED) is 0.802. The first-order valence-electron chi connectivity index (χ1n) is 5.83. The number of aliphatic hydroxyl groups is 1. The first kappa shape index (κ1) is 13.3. The Morgan fingerprint density at radius 3 is 2.67 bits per heavy atom. The van der Waals surface area contributed by atoms with Gasteiger partial charge in [0.25, 0.3) is 0 Å². The van der Waals surface area contributed by atoms with E-state index >= 15 is 0 Å². The fourth-order valence-corrected chi connectivity index (χ4v) is 2.10. The van der Waals surface area contributed by atoms with Gasteiger partial charge in [-0.25, -0.2) is 0 Å². The SMILES string of the molecule is Nc1nc(Cl)nc(N2CCC(OCCO)CC2)n1. The molecule has 0 radical (unpaired) electrons. The Labute approximate surface area is 110 Å². The number of aliphatic hydroxyl groups excluding tert-OH is 1. The zero-order valence-electron chi connectivity index (χ0n) is 9.92. The highest BCUT2D eigenvalue weighted by Gasteiger charge is 2.22. The predicted octanol–water partition coefficient (Wildman–Crippen LogP) is 0.0849. The van der Waals surface area contributed by atoms with E-state index < -0.39 is 0 Å². The van der Waals surface area contributed by atoms with E-state index in [2.05, 4.69) is 15.0 Å². The Morgan fingerprint density at radius 2 is 2.06 bits per heavy atom. The number of rotatable bonds is 4. The number of piperidine rings is 1. The molecular formula is C10H16ClN5O2. The molecule has 1 aromatic heterocycles. The van der Waals surface area contributed by atoms with E-state index in [0.717, 1.165) is 25.9 Å². The lowest BCUT2D eigenvalue weighted by atomic mass is 10.1. The van der Waals surface area contributed by atoms with Crippen molar-refractivity contribution < 1.29 is 9.84 Å². The van der Waals surface area contributed by atoms with E-state index in [1.807, 2.05) is 4.90 Å². The Bertz CT molecular complexity index is 378. The van der Waals surface area contributed by atoms with Gasteiger partial charge in [-0.2, -0.15) is 15.0 Å². The molecule has 1 aromatic rings. The molecule has 100 valence electrons. The fourth-order valence-electron chi connectivity index (χ4n) is 1.94. The first-order valence-corrected chi connectivity index (χ1v) is 6.21. The van der Waals surface area contributed by atoms with E-state index in [0.29, 0.717) is 12.6 Å². The van der Waals surface area contributed by atoms with Crippen molar-refractivity contribution in [2.45, 2.75) is 18.9 Å². The standard InChI is InChI=1S/C10H16ClN5O2/c11-8-13-9(12)15-10(14-8)16-3-1-7(2-4-16)18-6-5-17/h7,17H,1-6H2,(H2,12,13,14,15). The first-order chi connectivity index (χ1) is 8.69. The molecule has 1 saturated heterocycles. The second kappa shape index (κ2) is 6.12. The number of nitrogens with two attached hydrogens (primary N) is 1. The van der Waals surface area contributed by atoms with Gasteiger partial charge in [0, 0.05) is 13.1 Å². The van der Waals surface area contributed by atoms with E-state index in [9.17, 15) is 0 Å². The molecule has 3 N–H and O–H groups in total. The molecule has 0 saturated carbocycles. The summed E-state index contributed by atoms with van der Waals surface area (Å²) in [5.74, 6) is 0.636. The number of nitrogen functional groups attached to an aromatic ring is 1. The maximum Gasteiger partial charge on any atom is 0.231 e. The van der Waals surface area contributed by atoms with Gasteiger partial charge < -0.3 is 20.5 Å². The third kappa shape index (κ3) is 3.41. The molecule has 1 fully saturated rings. The van der Waals surface area contributed by atoms with Crippen molar-refractivity contribution in [1.82, 2.24) is 15.0 Å². The van der Waals surface area contributed by atoms with Crippen LogP contribution in [-0.2, 0) is 4.74 Å². The molecule has 1 aliphatic rings. The van der Waals surface area contributed by atoms with Crippen LogP contribution in [0.1, 0.15) is 12.8 Å². The molecule has 18 heavy (non-hydrogen) atoms. The average molecular weight is 274 g/mol. The molecule has 2 heterocycles. The number of nitrogens with zero attached hydrogens (tertiary/aromatic N) is 4. The molecule has 0 amide bonds. The van der Waals surface area contributed by atoms with Crippen LogP contribution >= 0.6 is 11.6 Å². The van der Waals surface area contributed by atoms with Crippen molar-refractivity contribution in [1.29, 1.82) is 0 Å². The van der Waals surface area contributed by atoms with Gasteiger partial charge in [0.15, 0.2) is 0 Å². The zero-order chi connectivity index (χ0) is 13.0. The van der Waals surface area contributed by atoms with Crippen molar-refractivity contribution >= 4 is 23.5 Å². The van der Waals surface area contributed by atoms with Crippen LogP contribution in [0.2, 0.25) is 5.28 Å². The van der Waals surface area contributed by atoms with Gasteiger partial charge >= 0.3 is 0 Å². The third-order valence-corrected chi connectivity index (χ3v) is 2.95. The van der Waals surface area contributed by atoms with E-state index in [1.165, 1.54) is 0 Å². The van der Waals surface area contributed by atoms with E-state index in [1.54, 1.807) is 0 Å². The Balaban J connectivity index is 1.92. The van der Waals surface area contributed by atoms with Crippen LogP contribution in [0.25, 0.3) is 0 Å². The molecule has 0 atom stereocenters. The molecule has 0 bridgehead atoms. The summed E-state index contributed by atoms with van der Waals surface area (Å²) in [5.41, 5.74) is 5.53. The van der Waals surface area contributed by atoms with Gasteiger partial charge in [-0.05, 0) is 24.4 Å². The van der Waals surface area contributed by atoms with Gasteiger partial charge in [0.1, 0.15) is 0 Å². The van der Waals surface area contributed by atoms with Crippen LogP contribution in [0.15, 0.2) is 0 Å². The van der Waals surface area contributed by atoms with Crippen molar-refractivity contribution in [3.63, 3.8) is 0 Å². The molecule has 2 rings (SSSR count). The lowest BCUT2D eigenvalue weighted by Crippen LogP contribution is -2.38. The molecule has 1 aliphatic heterocycles. The Kier molecular flexibility index (Phi) is 4.51. The topological polar surface area (TPSA) is 97.4 Å². The fraction of sp³-hybridized carbons (Fsp3) is 0.700. The number of ether oxygens (including phenoxy) is 1. The minimum atomic E-state index is 0.0554. The molecule has 0 unspecified atom stereocenters. The van der Waals surface area contributed by atoms with E-state index in [-0.39, 0.29) is 23.9 Å². The highest BCUT2D eigenvalue weighted by Crippen LogP contribution is 2.19. The molecular weight excluding hydrogens is 258 g/mol. The van der Waals surface area contributed by atoms with Crippen molar-refractivity contribution in [2.75, 3.05) is 36.9 Å². The Morgan fingerprint density at radius 1 is 1.33 bits per heavy atom. The van der Waals surface area contributed by atoms with Gasteiger partial charge in [-0.1, -0.05) is 0 Å². The normalized spacial score (nSPS) is 17.1. The second-order valence-corrected chi connectivity index (χ2v) is 4.38. The largest absolute Gasteiger partial charge is 0.394 e. The van der Waals surface area contributed by atoms with Crippen molar-refractivity contribution in [3.05, 3.63) is 5.28 Å². The summed E-state index contributed by atoms with van der Waals surface area (Å²) < 4.78 is 5.48. The summed E-state index contributed by atoms with van der Waals surface area (Å²) in [6.07, 6.45) is 1.91.